The summed E-state index contributed by atoms with van der Waals surface area (Å²) >= 11 is 3.66. The molecule has 0 heterocycles. The van der Waals surface area contributed by atoms with Crippen LogP contribution >= 0.6 is 15.9 Å². The lowest BCUT2D eigenvalue weighted by atomic mass is 9.68. The van der Waals surface area contributed by atoms with Crippen LogP contribution in [0.4, 0.5) is 5.69 Å². The van der Waals surface area contributed by atoms with Crippen LogP contribution in [0.3, 0.4) is 0 Å². The maximum Gasteiger partial charge on any atom is 0.0744 e. The predicted octanol–water partition coefficient (Wildman–Crippen LogP) is 5.22. The molecule has 2 fully saturated rings. The molecule has 1 aromatic carbocycles. The minimum atomic E-state index is 0.361. The highest BCUT2D eigenvalue weighted by Gasteiger charge is 2.59. The Kier molecular flexibility index (Phi) is 3.86. The largest absolute Gasteiger partial charge is 0.381 e. The topological polar surface area (TPSA) is 21.3 Å². The third kappa shape index (κ3) is 2.43. The first-order valence-electron chi connectivity index (χ1n) is 7.91. The van der Waals surface area contributed by atoms with Gasteiger partial charge in [-0.1, -0.05) is 42.8 Å². The van der Waals surface area contributed by atoms with Crippen molar-refractivity contribution in [2.75, 3.05) is 12.4 Å². The van der Waals surface area contributed by atoms with Crippen molar-refractivity contribution in [1.82, 2.24) is 0 Å². The van der Waals surface area contributed by atoms with Gasteiger partial charge in [-0.15, -0.1) is 0 Å². The number of nitrogens with one attached hydrogen (secondary N) is 1. The van der Waals surface area contributed by atoms with Gasteiger partial charge in [-0.2, -0.15) is 0 Å². The van der Waals surface area contributed by atoms with E-state index < -0.39 is 0 Å². The minimum Gasteiger partial charge on any atom is -0.381 e. The summed E-state index contributed by atoms with van der Waals surface area (Å²) in [4.78, 5) is 0. The summed E-state index contributed by atoms with van der Waals surface area (Å²) in [6.45, 7) is 7.98. The van der Waals surface area contributed by atoms with Gasteiger partial charge in [-0.3, -0.25) is 0 Å². The van der Waals surface area contributed by atoms with E-state index in [0.717, 1.165) is 10.4 Å². The Labute approximate surface area is 136 Å². The number of methoxy groups -OCH3 is 1. The van der Waals surface area contributed by atoms with E-state index in [4.69, 9.17) is 4.74 Å². The quantitative estimate of drug-likeness (QED) is 0.802. The molecule has 0 saturated heterocycles. The number of anilines is 1. The van der Waals surface area contributed by atoms with Crippen molar-refractivity contribution in [1.29, 1.82) is 0 Å². The average molecular weight is 352 g/mol. The standard InChI is InChI=1S/C18H26BrNO/c1-17(2)12-8-9-18(3,10-12)16(17)20-15-7-5-6-14(19)13(15)11-21-4/h5-7,12,16,20H,8-11H2,1-4H3. The second kappa shape index (κ2) is 5.27. The van der Waals surface area contributed by atoms with Gasteiger partial charge in [0.05, 0.1) is 6.61 Å². The van der Waals surface area contributed by atoms with Crippen molar-refractivity contribution in [3.05, 3.63) is 28.2 Å². The fraction of sp³-hybridized carbons (Fsp3) is 0.667. The number of benzene rings is 1. The van der Waals surface area contributed by atoms with Crippen LogP contribution in [0.15, 0.2) is 22.7 Å². The maximum atomic E-state index is 5.38. The molecular weight excluding hydrogens is 326 g/mol. The van der Waals surface area contributed by atoms with Crippen LogP contribution in [0.1, 0.15) is 45.6 Å². The van der Waals surface area contributed by atoms with Crippen molar-refractivity contribution < 1.29 is 4.74 Å². The van der Waals surface area contributed by atoms with Gasteiger partial charge < -0.3 is 10.1 Å². The van der Waals surface area contributed by atoms with E-state index >= 15 is 0 Å². The Morgan fingerprint density at radius 2 is 2.10 bits per heavy atom. The van der Waals surface area contributed by atoms with Crippen LogP contribution in [-0.2, 0) is 11.3 Å². The Bertz CT molecular complexity index is 537. The molecule has 1 N–H and O–H groups in total. The lowest BCUT2D eigenvalue weighted by Gasteiger charge is -2.44. The Morgan fingerprint density at radius 1 is 1.33 bits per heavy atom. The molecule has 0 radical (unpaired) electrons. The average Bonchev–Trinajstić information content (AvgIpc) is 2.89. The summed E-state index contributed by atoms with van der Waals surface area (Å²) in [5.41, 5.74) is 3.24. The van der Waals surface area contributed by atoms with Gasteiger partial charge in [0.15, 0.2) is 0 Å². The Hall–Kier alpha value is -0.540. The summed E-state index contributed by atoms with van der Waals surface area (Å²) in [7, 11) is 1.76. The Morgan fingerprint density at radius 3 is 2.71 bits per heavy atom. The summed E-state index contributed by atoms with van der Waals surface area (Å²) in [5, 5.41) is 3.89. The highest BCUT2D eigenvalue weighted by atomic mass is 79.9. The summed E-state index contributed by atoms with van der Waals surface area (Å²) in [5.74, 6) is 0.859. The van der Waals surface area contributed by atoms with E-state index in [0.29, 0.717) is 23.5 Å². The van der Waals surface area contributed by atoms with Gasteiger partial charge in [0.1, 0.15) is 0 Å². The van der Waals surface area contributed by atoms with Crippen LogP contribution in [0, 0.1) is 16.7 Å². The summed E-state index contributed by atoms with van der Waals surface area (Å²) in [6, 6.07) is 6.92. The summed E-state index contributed by atoms with van der Waals surface area (Å²) < 4.78 is 6.51. The van der Waals surface area contributed by atoms with Crippen molar-refractivity contribution in [3.63, 3.8) is 0 Å². The fourth-order valence-electron chi connectivity index (χ4n) is 4.80. The second-order valence-corrected chi connectivity index (χ2v) is 8.55. The molecule has 2 aliphatic rings. The smallest absolute Gasteiger partial charge is 0.0744 e. The molecule has 0 amide bonds. The van der Waals surface area contributed by atoms with Gasteiger partial charge >= 0.3 is 0 Å². The van der Waals surface area contributed by atoms with Crippen molar-refractivity contribution in [2.24, 2.45) is 16.7 Å². The highest BCUT2D eigenvalue weighted by molar-refractivity contribution is 9.10. The molecule has 2 nitrogen and oxygen atoms in total. The van der Waals surface area contributed by atoms with E-state index in [1.807, 2.05) is 0 Å². The Balaban J connectivity index is 1.92. The first kappa shape index (κ1) is 15.4. The molecule has 0 aliphatic heterocycles. The molecule has 21 heavy (non-hydrogen) atoms. The first-order chi connectivity index (χ1) is 9.88. The monoisotopic (exact) mass is 351 g/mol. The van der Waals surface area contributed by atoms with Crippen molar-refractivity contribution >= 4 is 21.6 Å². The van der Waals surface area contributed by atoms with E-state index in [9.17, 15) is 0 Å². The number of hydrogen-bond acceptors (Lipinski definition) is 2. The van der Waals surface area contributed by atoms with Crippen molar-refractivity contribution in [2.45, 2.75) is 52.7 Å². The lowest BCUT2D eigenvalue weighted by Crippen LogP contribution is -2.46. The molecule has 1 aromatic rings. The zero-order valence-electron chi connectivity index (χ0n) is 13.5. The maximum absolute atomic E-state index is 5.38. The number of rotatable bonds is 4. The van der Waals surface area contributed by atoms with Crippen LogP contribution in [0.25, 0.3) is 0 Å². The third-order valence-corrected chi connectivity index (χ3v) is 6.72. The van der Waals surface area contributed by atoms with Gasteiger partial charge in [0, 0.05) is 28.9 Å². The second-order valence-electron chi connectivity index (χ2n) is 7.69. The number of halogens is 1. The van der Waals surface area contributed by atoms with E-state index in [1.165, 1.54) is 30.5 Å². The molecule has 3 atom stereocenters. The third-order valence-electron chi connectivity index (χ3n) is 5.98. The first-order valence-corrected chi connectivity index (χ1v) is 8.70. The van der Waals surface area contributed by atoms with Gasteiger partial charge in [-0.25, -0.2) is 0 Å². The lowest BCUT2D eigenvalue weighted by molar-refractivity contribution is 0.154. The normalized spacial score (nSPS) is 33.4. The molecule has 116 valence electrons. The number of ether oxygens (including phenoxy) is 1. The molecule has 3 heteroatoms. The SMILES string of the molecule is COCc1c(Br)cccc1NC1C2(C)CCC(C2)C1(C)C. The summed E-state index contributed by atoms with van der Waals surface area (Å²) in [6.07, 6.45) is 4.11. The van der Waals surface area contributed by atoms with Crippen LogP contribution < -0.4 is 5.32 Å². The molecular formula is C18H26BrNO. The van der Waals surface area contributed by atoms with Crippen molar-refractivity contribution in [3.8, 4) is 0 Å². The molecule has 3 rings (SSSR count). The predicted molar refractivity (Wildman–Crippen MR) is 91.5 cm³/mol. The van der Waals surface area contributed by atoms with E-state index in [1.54, 1.807) is 7.11 Å². The zero-order valence-corrected chi connectivity index (χ0v) is 15.1. The van der Waals surface area contributed by atoms with Gasteiger partial charge in [-0.05, 0) is 48.1 Å². The molecule has 2 bridgehead atoms. The van der Waals surface area contributed by atoms with Crippen LogP contribution in [0.2, 0.25) is 0 Å². The van der Waals surface area contributed by atoms with Crippen LogP contribution in [0.5, 0.6) is 0 Å². The number of hydrogen-bond donors (Lipinski definition) is 1. The fourth-order valence-corrected chi connectivity index (χ4v) is 5.28. The number of fused-ring (bicyclic) bond motifs is 2. The van der Waals surface area contributed by atoms with Crippen LogP contribution in [-0.4, -0.2) is 13.2 Å². The molecule has 3 unspecified atom stereocenters. The molecule has 0 spiro atoms. The molecule has 0 aromatic heterocycles. The van der Waals surface area contributed by atoms with Gasteiger partial charge in [0.2, 0.25) is 0 Å². The van der Waals surface area contributed by atoms with Gasteiger partial charge in [0.25, 0.3) is 0 Å². The molecule has 2 saturated carbocycles. The zero-order chi connectivity index (χ0) is 15.3. The molecule has 2 aliphatic carbocycles. The van der Waals surface area contributed by atoms with E-state index in [2.05, 4.69) is 60.2 Å². The minimum absolute atomic E-state index is 0.361. The highest BCUT2D eigenvalue weighted by Crippen LogP contribution is 2.63. The van der Waals surface area contributed by atoms with E-state index in [-0.39, 0.29) is 0 Å².